The zero-order chi connectivity index (χ0) is 13.7. The first-order valence-corrected chi connectivity index (χ1v) is 6.59. The first-order valence-electron chi connectivity index (χ1n) is 5.51. The largest absolute Gasteiger partial charge is 0.451 e. The van der Waals surface area contributed by atoms with E-state index in [0.29, 0.717) is 11.4 Å². The van der Waals surface area contributed by atoms with Crippen molar-refractivity contribution in [2.75, 3.05) is 11.9 Å². The first kappa shape index (κ1) is 13.6. The maximum absolute atomic E-state index is 11.6. The van der Waals surface area contributed by atoms with Gasteiger partial charge in [-0.05, 0) is 59.0 Å². The van der Waals surface area contributed by atoms with Crippen molar-refractivity contribution in [1.82, 2.24) is 4.98 Å². The summed E-state index contributed by atoms with van der Waals surface area (Å²) in [6, 6.07) is 10.6. The zero-order valence-electron chi connectivity index (χ0n) is 9.85. The van der Waals surface area contributed by atoms with Gasteiger partial charge in [0.2, 0.25) is 0 Å². The number of halogens is 1. The van der Waals surface area contributed by atoms with Gasteiger partial charge in [-0.1, -0.05) is 0 Å². The van der Waals surface area contributed by atoms with Crippen LogP contribution >= 0.6 is 22.6 Å². The van der Waals surface area contributed by atoms with E-state index in [9.17, 15) is 9.59 Å². The minimum Gasteiger partial charge on any atom is -0.451 e. The molecule has 2 aromatic rings. The smallest absolute Gasteiger partial charge is 0.355 e. The van der Waals surface area contributed by atoms with E-state index in [1.807, 2.05) is 12.1 Å². The second-order valence-corrected chi connectivity index (χ2v) is 4.96. The topological polar surface area (TPSA) is 71.2 Å². The van der Waals surface area contributed by atoms with Crippen molar-refractivity contribution in [1.29, 1.82) is 0 Å². The minimum absolute atomic E-state index is 0.316. The molecule has 0 bridgehead atoms. The van der Waals surface area contributed by atoms with Crippen LogP contribution in [0.2, 0.25) is 0 Å². The summed E-state index contributed by atoms with van der Waals surface area (Å²) >= 11 is 2.18. The highest BCUT2D eigenvalue weighted by Crippen LogP contribution is 2.10. The molecule has 19 heavy (non-hydrogen) atoms. The molecule has 1 heterocycles. The van der Waals surface area contributed by atoms with Crippen LogP contribution in [0, 0.1) is 3.57 Å². The van der Waals surface area contributed by atoms with Crippen LogP contribution in [0.4, 0.5) is 5.69 Å². The van der Waals surface area contributed by atoms with Crippen LogP contribution in [0.1, 0.15) is 10.5 Å². The van der Waals surface area contributed by atoms with E-state index in [1.54, 1.807) is 30.5 Å². The number of hydrogen-bond acceptors (Lipinski definition) is 3. The van der Waals surface area contributed by atoms with Crippen LogP contribution in [0.15, 0.2) is 42.6 Å². The lowest BCUT2D eigenvalue weighted by molar-refractivity contribution is -0.119. The molecule has 1 amide bonds. The van der Waals surface area contributed by atoms with Gasteiger partial charge in [-0.25, -0.2) is 4.79 Å². The molecule has 0 unspecified atom stereocenters. The Labute approximate surface area is 123 Å². The lowest BCUT2D eigenvalue weighted by Crippen LogP contribution is -2.21. The monoisotopic (exact) mass is 370 g/mol. The second kappa shape index (κ2) is 6.37. The fourth-order valence-corrected chi connectivity index (χ4v) is 1.76. The van der Waals surface area contributed by atoms with Gasteiger partial charge in [0.15, 0.2) is 6.61 Å². The standard InChI is InChI=1S/C13H11IN2O3/c14-9-3-5-10(6-4-9)16-12(17)8-19-13(18)11-2-1-7-15-11/h1-7,15H,8H2,(H,16,17). The Morgan fingerprint density at radius 3 is 2.58 bits per heavy atom. The number of rotatable bonds is 4. The molecule has 2 N–H and O–H groups in total. The summed E-state index contributed by atoms with van der Waals surface area (Å²) in [7, 11) is 0. The number of esters is 1. The molecular formula is C13H11IN2O3. The van der Waals surface area contributed by atoms with Crippen molar-refractivity contribution in [2.45, 2.75) is 0 Å². The van der Waals surface area contributed by atoms with Crippen LogP contribution in [0.3, 0.4) is 0 Å². The molecule has 0 aliphatic carbocycles. The first-order chi connectivity index (χ1) is 9.15. The van der Waals surface area contributed by atoms with E-state index in [1.165, 1.54) is 0 Å². The van der Waals surface area contributed by atoms with E-state index < -0.39 is 5.97 Å². The summed E-state index contributed by atoms with van der Waals surface area (Å²) in [6.07, 6.45) is 1.61. The van der Waals surface area contributed by atoms with E-state index in [-0.39, 0.29) is 12.5 Å². The molecule has 6 heteroatoms. The number of benzene rings is 1. The fourth-order valence-electron chi connectivity index (χ4n) is 1.40. The Bertz CT molecular complexity index is 564. The van der Waals surface area contributed by atoms with Gasteiger partial charge in [-0.2, -0.15) is 0 Å². The van der Waals surface area contributed by atoms with Gasteiger partial charge in [0.05, 0.1) is 0 Å². The molecule has 0 atom stereocenters. The summed E-state index contributed by atoms with van der Waals surface area (Å²) < 4.78 is 5.94. The Morgan fingerprint density at radius 2 is 1.95 bits per heavy atom. The van der Waals surface area contributed by atoms with Crippen molar-refractivity contribution < 1.29 is 14.3 Å². The third-order valence-corrected chi connectivity index (χ3v) is 3.00. The predicted octanol–water partition coefficient (Wildman–Crippen LogP) is 2.41. The van der Waals surface area contributed by atoms with Crippen molar-refractivity contribution in [2.24, 2.45) is 0 Å². The predicted molar refractivity (Wildman–Crippen MR) is 78.9 cm³/mol. The van der Waals surface area contributed by atoms with E-state index in [0.717, 1.165) is 3.57 Å². The molecule has 5 nitrogen and oxygen atoms in total. The molecular weight excluding hydrogens is 359 g/mol. The third-order valence-electron chi connectivity index (χ3n) is 2.28. The molecule has 1 aromatic heterocycles. The highest BCUT2D eigenvalue weighted by Gasteiger charge is 2.10. The summed E-state index contributed by atoms with van der Waals surface area (Å²) in [6.45, 7) is -0.316. The van der Waals surface area contributed by atoms with Crippen LogP contribution in [-0.2, 0) is 9.53 Å². The number of carbonyl (C=O) groups is 2. The number of nitrogens with one attached hydrogen (secondary N) is 2. The molecule has 0 spiro atoms. The Balaban J connectivity index is 1.82. The highest BCUT2D eigenvalue weighted by molar-refractivity contribution is 14.1. The SMILES string of the molecule is O=C(COC(=O)c1ccc[nH]1)Nc1ccc(I)cc1. The Morgan fingerprint density at radius 1 is 1.21 bits per heavy atom. The maximum Gasteiger partial charge on any atom is 0.355 e. The van der Waals surface area contributed by atoms with Crippen molar-refractivity contribution in [3.63, 3.8) is 0 Å². The average molecular weight is 370 g/mol. The molecule has 0 saturated carbocycles. The summed E-state index contributed by atoms with van der Waals surface area (Å²) in [5.74, 6) is -0.927. The number of hydrogen-bond donors (Lipinski definition) is 2. The molecule has 0 fully saturated rings. The molecule has 2 rings (SSSR count). The maximum atomic E-state index is 11.6. The van der Waals surface area contributed by atoms with E-state index >= 15 is 0 Å². The van der Waals surface area contributed by atoms with Gasteiger partial charge >= 0.3 is 5.97 Å². The molecule has 98 valence electrons. The number of H-pyrrole nitrogens is 1. The van der Waals surface area contributed by atoms with Crippen LogP contribution in [0.25, 0.3) is 0 Å². The highest BCUT2D eigenvalue weighted by atomic mass is 127. The van der Waals surface area contributed by atoms with Gasteiger partial charge in [-0.3, -0.25) is 4.79 Å². The average Bonchev–Trinajstić information content (AvgIpc) is 2.93. The summed E-state index contributed by atoms with van der Waals surface area (Å²) in [5, 5.41) is 2.64. The number of ether oxygens (including phenoxy) is 1. The quantitative estimate of drug-likeness (QED) is 0.642. The number of aromatic nitrogens is 1. The molecule has 0 aliphatic heterocycles. The van der Waals surface area contributed by atoms with Gasteiger partial charge in [0, 0.05) is 15.5 Å². The lowest BCUT2D eigenvalue weighted by atomic mass is 10.3. The van der Waals surface area contributed by atoms with Crippen LogP contribution in [-0.4, -0.2) is 23.5 Å². The van der Waals surface area contributed by atoms with Gasteiger partial charge in [0.25, 0.3) is 5.91 Å². The Kier molecular flexibility index (Phi) is 4.56. The normalized spacial score (nSPS) is 9.95. The van der Waals surface area contributed by atoms with E-state index in [2.05, 4.69) is 32.9 Å². The third kappa shape index (κ3) is 4.09. The van der Waals surface area contributed by atoms with Crippen molar-refractivity contribution >= 4 is 40.2 Å². The van der Waals surface area contributed by atoms with Gasteiger partial charge < -0.3 is 15.0 Å². The lowest BCUT2D eigenvalue weighted by Gasteiger charge is -2.06. The Hall–Kier alpha value is -1.83. The van der Waals surface area contributed by atoms with Crippen molar-refractivity contribution in [3.8, 4) is 0 Å². The number of carbonyl (C=O) groups excluding carboxylic acids is 2. The zero-order valence-corrected chi connectivity index (χ0v) is 12.0. The van der Waals surface area contributed by atoms with Gasteiger partial charge in [-0.15, -0.1) is 0 Å². The molecule has 0 radical (unpaired) electrons. The summed E-state index contributed by atoms with van der Waals surface area (Å²) in [5.41, 5.74) is 0.989. The van der Waals surface area contributed by atoms with Gasteiger partial charge in [0.1, 0.15) is 5.69 Å². The van der Waals surface area contributed by atoms with E-state index in [4.69, 9.17) is 4.74 Å². The van der Waals surface area contributed by atoms with Crippen molar-refractivity contribution in [3.05, 3.63) is 51.9 Å². The minimum atomic E-state index is -0.553. The molecule has 0 saturated heterocycles. The number of aromatic amines is 1. The summed E-state index contributed by atoms with van der Waals surface area (Å²) in [4.78, 5) is 25.8. The molecule has 1 aromatic carbocycles. The van der Waals surface area contributed by atoms with Crippen LogP contribution in [0.5, 0.6) is 0 Å². The number of anilines is 1. The number of amides is 1. The second-order valence-electron chi connectivity index (χ2n) is 3.71. The van der Waals surface area contributed by atoms with Crippen LogP contribution < -0.4 is 5.32 Å². The fraction of sp³-hybridized carbons (Fsp3) is 0.0769. The molecule has 0 aliphatic rings.